The third kappa shape index (κ3) is 3.65. The minimum absolute atomic E-state index is 0.0281. The fourth-order valence-corrected chi connectivity index (χ4v) is 4.83. The Morgan fingerprint density at radius 2 is 1.79 bits per heavy atom. The number of likely N-dealkylation sites (tertiary alicyclic amines) is 1. The number of rotatable bonds is 5. The number of benzene rings is 2. The van der Waals surface area contributed by atoms with E-state index in [-0.39, 0.29) is 17.3 Å². The fourth-order valence-electron chi connectivity index (χ4n) is 3.68. The Kier molecular flexibility index (Phi) is 5.14. The molecule has 1 fully saturated rings. The third-order valence-electron chi connectivity index (χ3n) is 5.43. The van der Waals surface area contributed by atoms with Crippen molar-refractivity contribution in [2.75, 3.05) is 20.1 Å². The van der Waals surface area contributed by atoms with Crippen molar-refractivity contribution in [3.63, 3.8) is 0 Å². The molecule has 152 valence electrons. The lowest BCUT2D eigenvalue weighted by molar-refractivity contribution is 0.0793. The predicted molar refractivity (Wildman–Crippen MR) is 111 cm³/mol. The molecule has 0 aliphatic carbocycles. The molecule has 1 amide bonds. The maximum absolute atomic E-state index is 12.8. The van der Waals surface area contributed by atoms with Gasteiger partial charge in [-0.25, -0.2) is 13.4 Å². The SMILES string of the molecule is CN(Cc1nc2cc(C(=O)N3CCCC3)ccc2n1C)S(=O)(=O)c1ccccc1. The molecule has 0 saturated carbocycles. The quantitative estimate of drug-likeness (QED) is 0.646. The number of hydrogen-bond acceptors (Lipinski definition) is 4. The van der Waals surface area contributed by atoms with Gasteiger partial charge in [0.25, 0.3) is 5.91 Å². The highest BCUT2D eigenvalue weighted by molar-refractivity contribution is 7.89. The predicted octanol–water partition coefficient (Wildman–Crippen LogP) is 2.63. The summed E-state index contributed by atoms with van der Waals surface area (Å²) < 4.78 is 28.7. The van der Waals surface area contributed by atoms with E-state index in [1.54, 1.807) is 43.4 Å². The van der Waals surface area contributed by atoms with Gasteiger partial charge in [-0.1, -0.05) is 18.2 Å². The summed E-state index contributed by atoms with van der Waals surface area (Å²) >= 11 is 0. The van der Waals surface area contributed by atoms with Crippen LogP contribution >= 0.6 is 0 Å². The minimum atomic E-state index is -3.60. The average Bonchev–Trinajstić information content (AvgIpc) is 3.37. The zero-order chi connectivity index (χ0) is 20.6. The fraction of sp³-hybridized carbons (Fsp3) is 0.333. The van der Waals surface area contributed by atoms with E-state index in [2.05, 4.69) is 4.98 Å². The van der Waals surface area contributed by atoms with Crippen LogP contribution in [0.2, 0.25) is 0 Å². The molecule has 2 heterocycles. The number of carbonyl (C=O) groups is 1. The number of fused-ring (bicyclic) bond motifs is 1. The number of hydrogen-bond donors (Lipinski definition) is 0. The molecule has 1 aliphatic heterocycles. The Labute approximate surface area is 170 Å². The average molecular weight is 413 g/mol. The first kappa shape index (κ1) is 19.6. The number of sulfonamides is 1. The topological polar surface area (TPSA) is 75.5 Å². The Bertz CT molecular complexity index is 1150. The van der Waals surface area contributed by atoms with E-state index in [0.717, 1.165) is 31.4 Å². The van der Waals surface area contributed by atoms with Crippen LogP contribution in [-0.2, 0) is 23.6 Å². The molecular weight excluding hydrogens is 388 g/mol. The maximum atomic E-state index is 12.8. The van der Waals surface area contributed by atoms with Crippen molar-refractivity contribution in [1.29, 1.82) is 0 Å². The van der Waals surface area contributed by atoms with E-state index in [9.17, 15) is 13.2 Å². The van der Waals surface area contributed by atoms with E-state index in [1.165, 1.54) is 4.31 Å². The van der Waals surface area contributed by atoms with Crippen LogP contribution in [0.4, 0.5) is 0 Å². The lowest BCUT2D eigenvalue weighted by Gasteiger charge is -2.16. The molecule has 4 rings (SSSR count). The molecular formula is C21H24N4O3S. The van der Waals surface area contributed by atoms with Crippen LogP contribution in [0.15, 0.2) is 53.4 Å². The summed E-state index contributed by atoms with van der Waals surface area (Å²) in [5.41, 5.74) is 2.18. The zero-order valence-electron chi connectivity index (χ0n) is 16.6. The van der Waals surface area contributed by atoms with E-state index < -0.39 is 10.0 Å². The van der Waals surface area contributed by atoms with Gasteiger partial charge in [-0.3, -0.25) is 4.79 Å². The van der Waals surface area contributed by atoms with Crippen molar-refractivity contribution in [1.82, 2.24) is 18.8 Å². The Hall–Kier alpha value is -2.71. The van der Waals surface area contributed by atoms with Gasteiger partial charge in [0, 0.05) is 32.7 Å². The van der Waals surface area contributed by atoms with Crippen molar-refractivity contribution in [2.45, 2.75) is 24.3 Å². The summed E-state index contributed by atoms with van der Waals surface area (Å²) in [6.45, 7) is 1.73. The number of nitrogens with zero attached hydrogens (tertiary/aromatic N) is 4. The van der Waals surface area contributed by atoms with Gasteiger partial charge in [-0.2, -0.15) is 4.31 Å². The highest BCUT2D eigenvalue weighted by Crippen LogP contribution is 2.22. The summed E-state index contributed by atoms with van der Waals surface area (Å²) in [6.07, 6.45) is 2.09. The molecule has 3 aromatic rings. The second kappa shape index (κ2) is 7.61. The van der Waals surface area contributed by atoms with Crippen molar-refractivity contribution in [3.8, 4) is 0 Å². The first-order chi connectivity index (χ1) is 13.9. The molecule has 0 atom stereocenters. The molecule has 1 saturated heterocycles. The molecule has 7 nitrogen and oxygen atoms in total. The standard InChI is InChI=1S/C21H24N4O3S/c1-23(29(27,28)17-8-4-3-5-9-17)15-20-22-18-14-16(10-11-19(18)24(20)2)21(26)25-12-6-7-13-25/h3-5,8-11,14H,6-7,12-13,15H2,1-2H3. The van der Waals surface area contributed by atoms with Gasteiger partial charge in [0.2, 0.25) is 10.0 Å². The Balaban J connectivity index is 1.61. The smallest absolute Gasteiger partial charge is 0.253 e. The highest BCUT2D eigenvalue weighted by atomic mass is 32.2. The summed E-state index contributed by atoms with van der Waals surface area (Å²) in [5.74, 6) is 0.646. The molecule has 2 aromatic carbocycles. The maximum Gasteiger partial charge on any atom is 0.253 e. The summed E-state index contributed by atoms with van der Waals surface area (Å²) in [6, 6.07) is 13.8. The van der Waals surface area contributed by atoms with Gasteiger partial charge in [0.05, 0.1) is 22.5 Å². The van der Waals surface area contributed by atoms with Gasteiger partial charge >= 0.3 is 0 Å². The second-order valence-corrected chi connectivity index (χ2v) is 9.41. The molecule has 0 radical (unpaired) electrons. The molecule has 1 aliphatic rings. The van der Waals surface area contributed by atoms with Crippen molar-refractivity contribution >= 4 is 27.0 Å². The van der Waals surface area contributed by atoms with E-state index in [4.69, 9.17) is 0 Å². The first-order valence-corrected chi connectivity index (χ1v) is 11.1. The summed E-state index contributed by atoms with van der Waals surface area (Å²) in [5, 5.41) is 0. The van der Waals surface area contributed by atoms with Crippen LogP contribution in [-0.4, -0.2) is 53.2 Å². The molecule has 8 heteroatoms. The largest absolute Gasteiger partial charge is 0.339 e. The second-order valence-electron chi connectivity index (χ2n) is 7.36. The summed E-state index contributed by atoms with van der Waals surface area (Å²) in [7, 11) is -0.202. The normalized spacial score (nSPS) is 14.8. The number of aromatic nitrogens is 2. The van der Waals surface area contributed by atoms with Crippen LogP contribution in [0.5, 0.6) is 0 Å². The number of amides is 1. The lowest BCUT2D eigenvalue weighted by Crippen LogP contribution is -2.27. The minimum Gasteiger partial charge on any atom is -0.339 e. The van der Waals surface area contributed by atoms with Gasteiger partial charge in [0.15, 0.2) is 0 Å². The molecule has 0 bridgehead atoms. The van der Waals surface area contributed by atoms with Gasteiger partial charge in [0.1, 0.15) is 5.82 Å². The van der Waals surface area contributed by atoms with Crippen molar-refractivity contribution in [2.24, 2.45) is 7.05 Å². The van der Waals surface area contributed by atoms with E-state index in [0.29, 0.717) is 16.9 Å². The first-order valence-electron chi connectivity index (χ1n) is 9.64. The number of imidazole rings is 1. The van der Waals surface area contributed by atoms with Crippen molar-refractivity contribution < 1.29 is 13.2 Å². The van der Waals surface area contributed by atoms with Crippen molar-refractivity contribution in [3.05, 3.63) is 59.9 Å². The molecule has 29 heavy (non-hydrogen) atoms. The van der Waals surface area contributed by atoms with Crippen LogP contribution in [0, 0.1) is 0 Å². The lowest BCUT2D eigenvalue weighted by atomic mass is 10.2. The van der Waals surface area contributed by atoms with Gasteiger partial charge < -0.3 is 9.47 Å². The van der Waals surface area contributed by atoms with Crippen LogP contribution in [0.25, 0.3) is 11.0 Å². The zero-order valence-corrected chi connectivity index (χ0v) is 17.4. The van der Waals surface area contributed by atoms with Crippen LogP contribution < -0.4 is 0 Å². The third-order valence-corrected chi connectivity index (χ3v) is 7.25. The monoisotopic (exact) mass is 412 g/mol. The van der Waals surface area contributed by atoms with Gasteiger partial charge in [-0.05, 0) is 43.2 Å². The van der Waals surface area contributed by atoms with E-state index in [1.807, 2.05) is 28.6 Å². The molecule has 1 aromatic heterocycles. The van der Waals surface area contributed by atoms with Gasteiger partial charge in [-0.15, -0.1) is 0 Å². The molecule has 0 spiro atoms. The number of aryl methyl sites for hydroxylation is 1. The highest BCUT2D eigenvalue weighted by Gasteiger charge is 2.24. The Morgan fingerprint density at radius 3 is 2.48 bits per heavy atom. The molecule has 0 unspecified atom stereocenters. The molecule has 0 N–H and O–H groups in total. The Morgan fingerprint density at radius 1 is 1.10 bits per heavy atom. The van der Waals surface area contributed by atoms with Crippen LogP contribution in [0.1, 0.15) is 29.0 Å². The summed E-state index contributed by atoms with van der Waals surface area (Å²) in [4.78, 5) is 19.4. The number of carbonyl (C=O) groups excluding carboxylic acids is 1. The van der Waals surface area contributed by atoms with Crippen LogP contribution in [0.3, 0.4) is 0 Å². The van der Waals surface area contributed by atoms with E-state index >= 15 is 0 Å².